The number of halogens is 1. The lowest BCUT2D eigenvalue weighted by Crippen LogP contribution is -1.98. The summed E-state index contributed by atoms with van der Waals surface area (Å²) in [5, 5.41) is 0. The highest BCUT2D eigenvalue weighted by atomic mass is 79.9. The molecule has 76 valence electrons. The summed E-state index contributed by atoms with van der Waals surface area (Å²) in [6, 6.07) is 3.81. The van der Waals surface area contributed by atoms with E-state index in [0.717, 1.165) is 21.4 Å². The Morgan fingerprint density at radius 3 is 2.67 bits per heavy atom. The van der Waals surface area contributed by atoms with Gasteiger partial charge in [0.05, 0.1) is 5.69 Å². The van der Waals surface area contributed by atoms with Crippen LogP contribution >= 0.6 is 15.9 Å². The highest BCUT2D eigenvalue weighted by Gasteiger charge is 2.03. The first-order valence-electron chi connectivity index (χ1n) is 4.37. The molecule has 0 aliphatic heterocycles. The smallest absolute Gasteiger partial charge is 0.220 e. The van der Waals surface area contributed by atoms with Crippen LogP contribution in [0.4, 0.5) is 5.95 Å². The van der Waals surface area contributed by atoms with Crippen molar-refractivity contribution in [2.24, 2.45) is 0 Å². The van der Waals surface area contributed by atoms with Crippen molar-refractivity contribution in [2.75, 3.05) is 5.73 Å². The number of nitrogen functional groups attached to an aromatic ring is 1. The Bertz CT molecular complexity index is 478. The molecule has 2 N–H and O–H groups in total. The van der Waals surface area contributed by atoms with Crippen LogP contribution in [-0.4, -0.2) is 15.0 Å². The lowest BCUT2D eigenvalue weighted by molar-refractivity contribution is 1.12. The molecule has 0 radical (unpaired) electrons. The molecule has 0 aromatic carbocycles. The van der Waals surface area contributed by atoms with Gasteiger partial charge in [-0.25, -0.2) is 9.97 Å². The standard InChI is InChI=1S/C10H9BrN4/c1-6-2-9(15-10(12)14-6)7-3-8(11)5-13-4-7/h2-5H,1H3,(H2,12,14,15). The van der Waals surface area contributed by atoms with Gasteiger partial charge in [0, 0.05) is 28.1 Å². The molecule has 15 heavy (non-hydrogen) atoms. The summed E-state index contributed by atoms with van der Waals surface area (Å²) in [6.07, 6.45) is 3.47. The van der Waals surface area contributed by atoms with Crippen LogP contribution in [0.5, 0.6) is 0 Å². The minimum absolute atomic E-state index is 0.282. The van der Waals surface area contributed by atoms with Gasteiger partial charge in [0.2, 0.25) is 5.95 Å². The van der Waals surface area contributed by atoms with Gasteiger partial charge in [-0.15, -0.1) is 0 Å². The summed E-state index contributed by atoms with van der Waals surface area (Å²) in [4.78, 5) is 12.2. The highest BCUT2D eigenvalue weighted by molar-refractivity contribution is 9.10. The molecule has 0 bridgehead atoms. The van der Waals surface area contributed by atoms with Crippen molar-refractivity contribution in [3.63, 3.8) is 0 Å². The van der Waals surface area contributed by atoms with Gasteiger partial charge in [-0.2, -0.15) is 0 Å². The Balaban J connectivity index is 2.54. The number of aromatic nitrogens is 3. The molecule has 0 atom stereocenters. The molecular weight excluding hydrogens is 256 g/mol. The second-order valence-corrected chi connectivity index (χ2v) is 4.06. The molecule has 2 aromatic rings. The van der Waals surface area contributed by atoms with Gasteiger partial charge in [-0.3, -0.25) is 4.98 Å². The van der Waals surface area contributed by atoms with Crippen molar-refractivity contribution in [2.45, 2.75) is 6.92 Å². The number of nitrogens with two attached hydrogens (primary N) is 1. The Kier molecular flexibility index (Phi) is 2.64. The molecule has 0 aliphatic carbocycles. The van der Waals surface area contributed by atoms with Crippen molar-refractivity contribution in [3.8, 4) is 11.3 Å². The molecule has 2 rings (SSSR count). The van der Waals surface area contributed by atoms with Crippen LogP contribution in [0.3, 0.4) is 0 Å². The topological polar surface area (TPSA) is 64.7 Å². The van der Waals surface area contributed by atoms with Crippen LogP contribution in [0.1, 0.15) is 5.69 Å². The molecule has 2 aromatic heterocycles. The van der Waals surface area contributed by atoms with E-state index in [4.69, 9.17) is 5.73 Å². The quantitative estimate of drug-likeness (QED) is 0.858. The van der Waals surface area contributed by atoms with E-state index in [0.29, 0.717) is 0 Å². The number of pyridine rings is 1. The fourth-order valence-electron chi connectivity index (χ4n) is 1.29. The number of rotatable bonds is 1. The van der Waals surface area contributed by atoms with Crippen molar-refractivity contribution in [3.05, 3.63) is 34.7 Å². The van der Waals surface area contributed by atoms with Gasteiger partial charge in [0.15, 0.2) is 0 Å². The maximum Gasteiger partial charge on any atom is 0.220 e. The first-order chi connectivity index (χ1) is 7.15. The zero-order chi connectivity index (χ0) is 10.8. The molecule has 2 heterocycles. The maximum absolute atomic E-state index is 5.58. The van der Waals surface area contributed by atoms with Crippen molar-refractivity contribution < 1.29 is 0 Å². The molecule has 0 saturated carbocycles. The van der Waals surface area contributed by atoms with Gasteiger partial charge in [0.25, 0.3) is 0 Å². The average molecular weight is 265 g/mol. The highest BCUT2D eigenvalue weighted by Crippen LogP contribution is 2.20. The molecule has 5 heteroatoms. The first kappa shape index (κ1) is 10.0. The number of hydrogen-bond donors (Lipinski definition) is 1. The SMILES string of the molecule is Cc1cc(-c2cncc(Br)c2)nc(N)n1. The van der Waals surface area contributed by atoms with Gasteiger partial charge in [-0.1, -0.05) is 0 Å². The summed E-state index contributed by atoms with van der Waals surface area (Å²) in [5.41, 5.74) is 8.13. The van der Waals surface area contributed by atoms with Gasteiger partial charge in [-0.05, 0) is 35.0 Å². The van der Waals surface area contributed by atoms with E-state index in [2.05, 4.69) is 30.9 Å². The monoisotopic (exact) mass is 264 g/mol. The predicted octanol–water partition coefficient (Wildman–Crippen LogP) is 2.19. The summed E-state index contributed by atoms with van der Waals surface area (Å²) in [5.74, 6) is 0.282. The first-order valence-corrected chi connectivity index (χ1v) is 5.16. The van der Waals surface area contributed by atoms with Gasteiger partial charge in [0.1, 0.15) is 0 Å². The van der Waals surface area contributed by atoms with E-state index in [1.807, 2.05) is 19.1 Å². The molecule has 0 saturated heterocycles. The van der Waals surface area contributed by atoms with E-state index in [1.54, 1.807) is 12.4 Å². The van der Waals surface area contributed by atoms with Crippen LogP contribution in [-0.2, 0) is 0 Å². The van der Waals surface area contributed by atoms with E-state index >= 15 is 0 Å². The van der Waals surface area contributed by atoms with Crippen LogP contribution in [0, 0.1) is 6.92 Å². The van der Waals surface area contributed by atoms with E-state index in [-0.39, 0.29) is 5.95 Å². The Morgan fingerprint density at radius 1 is 1.20 bits per heavy atom. The summed E-state index contributed by atoms with van der Waals surface area (Å²) >= 11 is 3.36. The third-order valence-corrected chi connectivity index (χ3v) is 2.31. The molecule has 4 nitrogen and oxygen atoms in total. The minimum atomic E-state index is 0.282. The number of anilines is 1. The number of nitrogens with zero attached hydrogens (tertiary/aromatic N) is 3. The second kappa shape index (κ2) is 3.94. The summed E-state index contributed by atoms with van der Waals surface area (Å²) in [6.45, 7) is 1.88. The lowest BCUT2D eigenvalue weighted by Gasteiger charge is -2.03. The fourth-order valence-corrected chi connectivity index (χ4v) is 1.66. The predicted molar refractivity (Wildman–Crippen MR) is 62.1 cm³/mol. The van der Waals surface area contributed by atoms with E-state index in [1.165, 1.54) is 0 Å². The third kappa shape index (κ3) is 2.30. The van der Waals surface area contributed by atoms with Crippen LogP contribution in [0.25, 0.3) is 11.3 Å². The zero-order valence-electron chi connectivity index (χ0n) is 8.11. The second-order valence-electron chi connectivity index (χ2n) is 3.14. The Hall–Kier alpha value is -1.49. The van der Waals surface area contributed by atoms with Gasteiger partial charge >= 0.3 is 0 Å². The van der Waals surface area contributed by atoms with Crippen LogP contribution < -0.4 is 5.73 Å². The molecule has 0 fully saturated rings. The third-order valence-electron chi connectivity index (χ3n) is 1.87. The summed E-state index contributed by atoms with van der Waals surface area (Å²) in [7, 11) is 0. The van der Waals surface area contributed by atoms with Crippen LogP contribution in [0.15, 0.2) is 29.0 Å². The largest absolute Gasteiger partial charge is 0.368 e. The average Bonchev–Trinajstić information content (AvgIpc) is 2.16. The minimum Gasteiger partial charge on any atom is -0.368 e. The fraction of sp³-hybridized carbons (Fsp3) is 0.100. The normalized spacial score (nSPS) is 10.3. The van der Waals surface area contributed by atoms with Crippen molar-refractivity contribution in [1.29, 1.82) is 0 Å². The molecule has 0 aliphatic rings. The lowest BCUT2D eigenvalue weighted by atomic mass is 10.2. The zero-order valence-corrected chi connectivity index (χ0v) is 9.69. The molecule has 0 spiro atoms. The Labute approximate surface area is 95.7 Å². The summed E-state index contributed by atoms with van der Waals surface area (Å²) < 4.78 is 0.912. The van der Waals surface area contributed by atoms with E-state index < -0.39 is 0 Å². The molecule has 0 amide bonds. The van der Waals surface area contributed by atoms with Crippen molar-refractivity contribution in [1.82, 2.24) is 15.0 Å². The number of aryl methyl sites for hydroxylation is 1. The van der Waals surface area contributed by atoms with Gasteiger partial charge < -0.3 is 5.73 Å². The molecular formula is C10H9BrN4. The van der Waals surface area contributed by atoms with Crippen molar-refractivity contribution >= 4 is 21.9 Å². The van der Waals surface area contributed by atoms with Crippen LogP contribution in [0.2, 0.25) is 0 Å². The number of hydrogen-bond acceptors (Lipinski definition) is 4. The maximum atomic E-state index is 5.58. The Morgan fingerprint density at radius 2 is 2.00 bits per heavy atom. The van der Waals surface area contributed by atoms with E-state index in [9.17, 15) is 0 Å². The molecule has 0 unspecified atom stereocenters.